The Bertz CT molecular complexity index is 488. The zero-order valence-electron chi connectivity index (χ0n) is 10.2. The van der Waals surface area contributed by atoms with Crippen LogP contribution in [0.25, 0.3) is 0 Å². The molecule has 17 heavy (non-hydrogen) atoms. The summed E-state index contributed by atoms with van der Waals surface area (Å²) in [6.07, 6.45) is 4.33. The van der Waals surface area contributed by atoms with Gasteiger partial charge in [-0.05, 0) is 20.4 Å². The van der Waals surface area contributed by atoms with Crippen molar-refractivity contribution >= 4 is 11.6 Å². The highest BCUT2D eigenvalue weighted by Gasteiger charge is 2.18. The molecule has 2 heterocycles. The molecular formula is C11H16ClN5. The van der Waals surface area contributed by atoms with Gasteiger partial charge in [0.25, 0.3) is 0 Å². The summed E-state index contributed by atoms with van der Waals surface area (Å²) in [6.45, 7) is 1.97. The molecule has 0 saturated carbocycles. The number of imidazole rings is 1. The maximum absolute atomic E-state index is 6.22. The fourth-order valence-electron chi connectivity index (χ4n) is 1.91. The van der Waals surface area contributed by atoms with E-state index in [4.69, 9.17) is 11.6 Å². The number of H-pyrrole nitrogens is 1. The highest BCUT2D eigenvalue weighted by Crippen LogP contribution is 2.24. The van der Waals surface area contributed by atoms with Gasteiger partial charge in [-0.15, -0.1) is 0 Å². The summed E-state index contributed by atoms with van der Waals surface area (Å²) >= 11 is 6.22. The molecule has 0 aliphatic rings. The highest BCUT2D eigenvalue weighted by atomic mass is 35.5. The van der Waals surface area contributed by atoms with Gasteiger partial charge in [0.2, 0.25) is 0 Å². The molecule has 0 aliphatic carbocycles. The van der Waals surface area contributed by atoms with Crippen molar-refractivity contribution in [3.63, 3.8) is 0 Å². The summed E-state index contributed by atoms with van der Waals surface area (Å²) in [5.74, 6) is 0.909. The Kier molecular flexibility index (Phi) is 3.49. The van der Waals surface area contributed by atoms with Crippen LogP contribution in [0.5, 0.6) is 0 Å². The van der Waals surface area contributed by atoms with E-state index in [-0.39, 0.29) is 6.04 Å². The van der Waals surface area contributed by atoms with E-state index >= 15 is 0 Å². The summed E-state index contributed by atoms with van der Waals surface area (Å²) in [5, 5.41) is 8.22. The van der Waals surface area contributed by atoms with Gasteiger partial charge < -0.3 is 10.3 Å². The van der Waals surface area contributed by atoms with Crippen LogP contribution >= 0.6 is 11.6 Å². The van der Waals surface area contributed by atoms with Crippen LogP contribution in [0.4, 0.5) is 0 Å². The van der Waals surface area contributed by atoms with Crippen molar-refractivity contribution < 1.29 is 0 Å². The molecule has 2 aromatic heterocycles. The number of hydrogen-bond donors (Lipinski definition) is 2. The van der Waals surface area contributed by atoms with Gasteiger partial charge in [0.15, 0.2) is 0 Å². The first-order chi connectivity index (χ1) is 8.13. The Morgan fingerprint density at radius 2 is 2.35 bits per heavy atom. The number of nitrogens with zero attached hydrogens (tertiary/aromatic N) is 3. The van der Waals surface area contributed by atoms with Crippen LogP contribution in [0.1, 0.15) is 23.1 Å². The van der Waals surface area contributed by atoms with Crippen molar-refractivity contribution in [1.82, 2.24) is 25.1 Å². The molecule has 92 valence electrons. The number of rotatable bonds is 4. The third-order valence-electron chi connectivity index (χ3n) is 2.88. The van der Waals surface area contributed by atoms with Crippen LogP contribution in [-0.4, -0.2) is 26.8 Å². The van der Waals surface area contributed by atoms with Crippen molar-refractivity contribution in [2.45, 2.75) is 19.4 Å². The van der Waals surface area contributed by atoms with Crippen molar-refractivity contribution in [3.05, 3.63) is 34.6 Å². The normalized spacial score (nSPS) is 12.9. The third kappa shape index (κ3) is 2.35. The molecule has 0 spiro atoms. The number of aromatic amines is 1. The highest BCUT2D eigenvalue weighted by molar-refractivity contribution is 6.30. The number of nitrogens with one attached hydrogen (secondary N) is 2. The smallest absolute Gasteiger partial charge is 0.130 e. The van der Waals surface area contributed by atoms with Gasteiger partial charge >= 0.3 is 0 Å². The van der Waals surface area contributed by atoms with E-state index in [2.05, 4.69) is 20.4 Å². The average Bonchev–Trinajstić information content (AvgIpc) is 2.89. The molecule has 2 rings (SSSR count). The lowest BCUT2D eigenvalue weighted by Gasteiger charge is -2.13. The standard InChI is InChI=1S/C11H16ClN5/c1-7-8(10(12)17(3)16-7)6-9(13-2)11-14-4-5-15-11/h4-5,9,13H,6H2,1-3H3,(H,14,15). The summed E-state index contributed by atoms with van der Waals surface area (Å²) in [7, 11) is 3.76. The minimum Gasteiger partial charge on any atom is -0.347 e. The van der Waals surface area contributed by atoms with E-state index in [1.165, 1.54) is 0 Å². The minimum atomic E-state index is 0.116. The Labute approximate surface area is 105 Å². The fourth-order valence-corrected chi connectivity index (χ4v) is 2.17. The summed E-state index contributed by atoms with van der Waals surface area (Å²) in [4.78, 5) is 7.37. The predicted octanol–water partition coefficient (Wildman–Crippen LogP) is 1.61. The lowest BCUT2D eigenvalue weighted by molar-refractivity contribution is 0.562. The molecular weight excluding hydrogens is 238 g/mol. The molecule has 1 unspecified atom stereocenters. The van der Waals surface area contributed by atoms with E-state index in [1.54, 1.807) is 10.9 Å². The van der Waals surface area contributed by atoms with Crippen LogP contribution in [0.2, 0.25) is 5.15 Å². The largest absolute Gasteiger partial charge is 0.347 e. The maximum Gasteiger partial charge on any atom is 0.130 e. The number of aromatic nitrogens is 4. The maximum atomic E-state index is 6.22. The molecule has 0 aliphatic heterocycles. The van der Waals surface area contributed by atoms with Gasteiger partial charge in [-0.2, -0.15) is 5.10 Å². The minimum absolute atomic E-state index is 0.116. The van der Waals surface area contributed by atoms with Gasteiger partial charge in [-0.3, -0.25) is 4.68 Å². The number of hydrogen-bond acceptors (Lipinski definition) is 3. The number of likely N-dealkylation sites (N-methyl/N-ethyl adjacent to an activating group) is 1. The molecule has 2 aromatic rings. The molecule has 6 heteroatoms. The predicted molar refractivity (Wildman–Crippen MR) is 67.0 cm³/mol. The molecule has 0 bridgehead atoms. The first-order valence-corrected chi connectivity index (χ1v) is 5.85. The van der Waals surface area contributed by atoms with E-state index in [0.717, 1.165) is 23.5 Å². The van der Waals surface area contributed by atoms with Crippen molar-refractivity contribution in [2.75, 3.05) is 7.05 Å². The molecule has 2 N–H and O–H groups in total. The first kappa shape index (κ1) is 12.1. The van der Waals surface area contributed by atoms with E-state index in [1.807, 2.05) is 27.2 Å². The molecule has 0 radical (unpaired) electrons. The monoisotopic (exact) mass is 253 g/mol. The average molecular weight is 254 g/mol. The van der Waals surface area contributed by atoms with Crippen LogP contribution < -0.4 is 5.32 Å². The van der Waals surface area contributed by atoms with Gasteiger partial charge in [-0.25, -0.2) is 4.98 Å². The molecule has 5 nitrogen and oxygen atoms in total. The number of halogens is 1. The molecule has 0 aromatic carbocycles. The molecule has 0 amide bonds. The Hall–Kier alpha value is -1.33. The zero-order chi connectivity index (χ0) is 12.4. The summed E-state index contributed by atoms with van der Waals surface area (Å²) in [5.41, 5.74) is 2.02. The zero-order valence-corrected chi connectivity index (χ0v) is 10.9. The Morgan fingerprint density at radius 3 is 2.82 bits per heavy atom. The Balaban J connectivity index is 2.24. The fraction of sp³-hybridized carbons (Fsp3) is 0.455. The van der Waals surface area contributed by atoms with Crippen LogP contribution in [0.3, 0.4) is 0 Å². The van der Waals surface area contributed by atoms with E-state index < -0.39 is 0 Å². The van der Waals surface area contributed by atoms with Gasteiger partial charge in [0.05, 0.1) is 11.7 Å². The summed E-state index contributed by atoms with van der Waals surface area (Å²) < 4.78 is 1.70. The van der Waals surface area contributed by atoms with E-state index in [0.29, 0.717) is 5.15 Å². The molecule has 1 atom stereocenters. The van der Waals surface area contributed by atoms with Crippen LogP contribution in [-0.2, 0) is 13.5 Å². The first-order valence-electron chi connectivity index (χ1n) is 5.48. The van der Waals surface area contributed by atoms with Crippen molar-refractivity contribution in [1.29, 1.82) is 0 Å². The SMILES string of the molecule is CNC(Cc1c(C)nn(C)c1Cl)c1ncc[nH]1. The van der Waals surface area contributed by atoms with Gasteiger partial charge in [0.1, 0.15) is 11.0 Å². The van der Waals surface area contributed by atoms with Crippen molar-refractivity contribution in [2.24, 2.45) is 7.05 Å². The second kappa shape index (κ2) is 4.89. The third-order valence-corrected chi connectivity index (χ3v) is 3.35. The number of aryl methyl sites for hydroxylation is 2. The second-order valence-electron chi connectivity index (χ2n) is 4.00. The topological polar surface area (TPSA) is 58.5 Å². The van der Waals surface area contributed by atoms with Crippen LogP contribution in [0.15, 0.2) is 12.4 Å². The summed E-state index contributed by atoms with van der Waals surface area (Å²) in [6, 6.07) is 0.116. The lowest BCUT2D eigenvalue weighted by atomic mass is 10.1. The van der Waals surface area contributed by atoms with Crippen LogP contribution in [0, 0.1) is 6.92 Å². The van der Waals surface area contributed by atoms with E-state index in [9.17, 15) is 0 Å². The Morgan fingerprint density at radius 1 is 1.59 bits per heavy atom. The quantitative estimate of drug-likeness (QED) is 0.870. The molecule has 0 fully saturated rings. The van der Waals surface area contributed by atoms with Crippen molar-refractivity contribution in [3.8, 4) is 0 Å². The second-order valence-corrected chi connectivity index (χ2v) is 4.36. The molecule has 0 saturated heterocycles. The van der Waals surface area contributed by atoms with Gasteiger partial charge in [0, 0.05) is 25.0 Å². The van der Waals surface area contributed by atoms with Gasteiger partial charge in [-0.1, -0.05) is 11.6 Å². The lowest BCUT2D eigenvalue weighted by Crippen LogP contribution is -2.20.